The molecule has 0 radical (unpaired) electrons. The van der Waals surface area contributed by atoms with Gasteiger partial charge < -0.3 is 28.4 Å². The lowest BCUT2D eigenvalue weighted by atomic mass is 10.3. The van der Waals surface area contributed by atoms with Crippen LogP contribution in [0.4, 0.5) is 9.59 Å². The molecular formula is C22H24N2O8S. The van der Waals surface area contributed by atoms with Gasteiger partial charge in [-0.3, -0.25) is 0 Å². The Hall–Kier alpha value is -3.47. The Kier molecular flexibility index (Phi) is 5.61. The van der Waals surface area contributed by atoms with Crippen LogP contribution in [0.25, 0.3) is 0 Å². The molecule has 0 spiro atoms. The molecule has 2 aromatic carbocycles. The smallest absolute Gasteiger partial charge is 0.426 e. The van der Waals surface area contributed by atoms with Gasteiger partial charge in [0.1, 0.15) is 0 Å². The average Bonchev–Trinajstić information content (AvgIpc) is 3.22. The standard InChI is InChI=1S/C22H24N2O8S/c1-21(2)29-15-11-7-9-13(17(15)31-21)27-19(25)23(5)33-24(6)20(26)28-14-10-8-12-16-18(14)32-22(3,4)30-16/h7-12H,1-6H3. The van der Waals surface area contributed by atoms with Crippen molar-refractivity contribution < 1.29 is 38.0 Å². The van der Waals surface area contributed by atoms with E-state index in [1.54, 1.807) is 64.1 Å². The van der Waals surface area contributed by atoms with Gasteiger partial charge in [0.25, 0.3) is 0 Å². The van der Waals surface area contributed by atoms with E-state index in [2.05, 4.69) is 0 Å². The molecular weight excluding hydrogens is 452 g/mol. The van der Waals surface area contributed by atoms with Crippen molar-refractivity contribution in [2.24, 2.45) is 0 Å². The Labute approximate surface area is 195 Å². The molecule has 2 aliphatic heterocycles. The summed E-state index contributed by atoms with van der Waals surface area (Å²) in [5.74, 6) is 0.321. The number of carbonyl (C=O) groups excluding carboxylic acids is 2. The van der Waals surface area contributed by atoms with E-state index in [0.717, 1.165) is 20.7 Å². The highest BCUT2D eigenvalue weighted by Gasteiger charge is 2.36. The van der Waals surface area contributed by atoms with Crippen LogP contribution in [0.1, 0.15) is 27.7 Å². The second-order valence-electron chi connectivity index (χ2n) is 8.19. The largest absolute Gasteiger partial charge is 0.449 e. The molecule has 0 N–H and O–H groups in total. The van der Waals surface area contributed by atoms with E-state index in [9.17, 15) is 9.59 Å². The molecule has 2 amide bonds. The molecule has 0 unspecified atom stereocenters. The molecule has 0 atom stereocenters. The molecule has 0 saturated heterocycles. The lowest BCUT2D eigenvalue weighted by molar-refractivity contribution is -0.0444. The number of benzene rings is 2. The third kappa shape index (κ3) is 4.82. The van der Waals surface area contributed by atoms with Gasteiger partial charge >= 0.3 is 12.2 Å². The molecule has 2 aliphatic rings. The second-order valence-corrected chi connectivity index (χ2v) is 9.45. The molecule has 33 heavy (non-hydrogen) atoms. The first-order valence-corrected chi connectivity index (χ1v) is 10.8. The predicted molar refractivity (Wildman–Crippen MR) is 119 cm³/mol. The molecule has 176 valence electrons. The van der Waals surface area contributed by atoms with E-state index in [0.29, 0.717) is 23.0 Å². The molecule has 0 aromatic heterocycles. The van der Waals surface area contributed by atoms with Crippen LogP contribution in [-0.4, -0.2) is 46.5 Å². The van der Waals surface area contributed by atoms with Crippen molar-refractivity contribution >= 4 is 24.3 Å². The lowest BCUT2D eigenvalue weighted by Gasteiger charge is -2.22. The highest BCUT2D eigenvalue weighted by Crippen LogP contribution is 2.47. The van der Waals surface area contributed by atoms with Gasteiger partial charge in [0.05, 0.1) is 12.1 Å². The summed E-state index contributed by atoms with van der Waals surface area (Å²) >= 11 is 0.794. The molecule has 11 heteroatoms. The average molecular weight is 477 g/mol. The van der Waals surface area contributed by atoms with Crippen molar-refractivity contribution in [3.8, 4) is 34.5 Å². The van der Waals surface area contributed by atoms with Gasteiger partial charge in [-0.1, -0.05) is 12.1 Å². The van der Waals surface area contributed by atoms with Gasteiger partial charge in [-0.25, -0.2) is 18.2 Å². The summed E-state index contributed by atoms with van der Waals surface area (Å²) in [6.07, 6.45) is -1.44. The molecule has 2 heterocycles. The van der Waals surface area contributed by atoms with Crippen molar-refractivity contribution in [2.45, 2.75) is 39.3 Å². The lowest BCUT2D eigenvalue weighted by Crippen LogP contribution is -2.32. The van der Waals surface area contributed by atoms with Crippen molar-refractivity contribution in [3.05, 3.63) is 36.4 Å². The zero-order valence-electron chi connectivity index (χ0n) is 19.0. The van der Waals surface area contributed by atoms with Crippen molar-refractivity contribution in [3.63, 3.8) is 0 Å². The van der Waals surface area contributed by atoms with Crippen LogP contribution in [0.15, 0.2) is 36.4 Å². The van der Waals surface area contributed by atoms with Crippen LogP contribution in [0.3, 0.4) is 0 Å². The number of hydrogen-bond acceptors (Lipinski definition) is 9. The fourth-order valence-corrected chi connectivity index (χ4v) is 3.72. The molecule has 0 fully saturated rings. The van der Waals surface area contributed by atoms with E-state index in [1.165, 1.54) is 14.1 Å². The third-order valence-corrected chi connectivity index (χ3v) is 5.23. The summed E-state index contributed by atoms with van der Waals surface area (Å²) in [5, 5.41) is 0. The number of para-hydroxylation sites is 2. The van der Waals surface area contributed by atoms with E-state index in [1.807, 2.05) is 0 Å². The number of rotatable bonds is 4. The predicted octanol–water partition coefficient (Wildman–Crippen LogP) is 4.83. The number of fused-ring (bicyclic) bond motifs is 2. The first-order valence-electron chi connectivity index (χ1n) is 10.1. The highest BCUT2D eigenvalue weighted by molar-refractivity contribution is 7.95. The van der Waals surface area contributed by atoms with Crippen LogP contribution in [0.5, 0.6) is 34.5 Å². The van der Waals surface area contributed by atoms with Crippen LogP contribution >= 0.6 is 12.1 Å². The number of amides is 2. The summed E-state index contributed by atoms with van der Waals surface area (Å²) in [5.41, 5.74) is 0. The summed E-state index contributed by atoms with van der Waals surface area (Å²) in [7, 11) is 2.92. The second kappa shape index (κ2) is 8.14. The number of nitrogens with zero attached hydrogens (tertiary/aromatic N) is 2. The zero-order chi connectivity index (χ0) is 24.0. The minimum absolute atomic E-state index is 0.209. The maximum Gasteiger partial charge on any atom is 0.426 e. The number of hydrogen-bond donors (Lipinski definition) is 0. The maximum atomic E-state index is 12.6. The molecule has 4 rings (SSSR count). The minimum atomic E-state index is -0.864. The van der Waals surface area contributed by atoms with Gasteiger partial charge in [0.15, 0.2) is 23.0 Å². The van der Waals surface area contributed by atoms with Gasteiger partial charge in [-0.05, 0) is 24.3 Å². The van der Waals surface area contributed by atoms with E-state index < -0.39 is 23.8 Å². The summed E-state index contributed by atoms with van der Waals surface area (Å²) in [6, 6.07) is 10.0. The molecule has 0 aliphatic carbocycles. The van der Waals surface area contributed by atoms with Crippen molar-refractivity contribution in [1.82, 2.24) is 8.61 Å². The molecule has 10 nitrogen and oxygen atoms in total. The summed E-state index contributed by atoms with van der Waals surface area (Å²) in [4.78, 5) is 25.2. The van der Waals surface area contributed by atoms with Crippen molar-refractivity contribution in [2.75, 3.05) is 14.1 Å². The Balaban J connectivity index is 1.37. The Morgan fingerprint density at radius 3 is 1.52 bits per heavy atom. The van der Waals surface area contributed by atoms with Gasteiger partial charge in [-0.15, -0.1) is 0 Å². The molecule has 0 saturated carbocycles. The van der Waals surface area contributed by atoms with E-state index in [4.69, 9.17) is 28.4 Å². The monoisotopic (exact) mass is 476 g/mol. The SMILES string of the molecule is CN(SN(C)C(=O)Oc1cccc2c1OC(C)(C)O2)C(=O)Oc1cccc2c1OC(C)(C)O2. The normalized spacial score (nSPS) is 16.2. The summed E-state index contributed by atoms with van der Waals surface area (Å²) < 4.78 is 35.9. The van der Waals surface area contributed by atoms with Crippen LogP contribution < -0.4 is 28.4 Å². The first-order chi connectivity index (χ1) is 15.4. The fourth-order valence-electron chi connectivity index (χ4n) is 3.14. The molecule has 2 aromatic rings. The van der Waals surface area contributed by atoms with E-state index >= 15 is 0 Å². The molecule has 0 bridgehead atoms. The van der Waals surface area contributed by atoms with Gasteiger partial charge in [-0.2, -0.15) is 0 Å². The zero-order valence-corrected chi connectivity index (χ0v) is 19.8. The summed E-state index contributed by atoms with van der Waals surface area (Å²) in [6.45, 7) is 7.01. The van der Waals surface area contributed by atoms with Gasteiger partial charge in [0.2, 0.25) is 23.1 Å². The van der Waals surface area contributed by atoms with Crippen LogP contribution in [0.2, 0.25) is 0 Å². The topological polar surface area (TPSA) is 96.0 Å². The first kappa shape index (κ1) is 22.7. The number of ether oxygens (including phenoxy) is 6. The van der Waals surface area contributed by atoms with Gasteiger partial charge in [0, 0.05) is 41.8 Å². The van der Waals surface area contributed by atoms with Crippen LogP contribution in [-0.2, 0) is 0 Å². The third-order valence-electron chi connectivity index (χ3n) is 4.45. The Morgan fingerprint density at radius 1 is 0.727 bits per heavy atom. The fraction of sp³-hybridized carbons (Fsp3) is 0.364. The Bertz CT molecular complexity index is 1020. The number of carbonyl (C=O) groups is 2. The van der Waals surface area contributed by atoms with Crippen molar-refractivity contribution in [1.29, 1.82) is 0 Å². The Morgan fingerprint density at radius 2 is 1.12 bits per heavy atom. The highest BCUT2D eigenvalue weighted by atomic mass is 32.2. The van der Waals surface area contributed by atoms with E-state index in [-0.39, 0.29) is 11.5 Å². The maximum absolute atomic E-state index is 12.6. The quantitative estimate of drug-likeness (QED) is 0.575. The minimum Gasteiger partial charge on any atom is -0.449 e. The van der Waals surface area contributed by atoms with Crippen LogP contribution in [0, 0.1) is 0 Å².